The minimum Gasteiger partial charge on any atom is -0.497 e. The van der Waals surface area contributed by atoms with Crippen LogP contribution in [-0.4, -0.2) is 33.9 Å². The number of methoxy groups -OCH3 is 1. The van der Waals surface area contributed by atoms with Crippen LogP contribution in [0, 0.1) is 0 Å². The van der Waals surface area contributed by atoms with Crippen LogP contribution < -0.4 is 10.1 Å². The average molecular weight is 231 g/mol. The molecule has 6 nitrogen and oxygen atoms in total. The Labute approximate surface area is 98.6 Å². The van der Waals surface area contributed by atoms with E-state index in [1.54, 1.807) is 7.11 Å². The topological polar surface area (TPSA) is 64.9 Å². The summed E-state index contributed by atoms with van der Waals surface area (Å²) in [6, 6.07) is 8.01. The van der Waals surface area contributed by atoms with Gasteiger partial charge in [0.1, 0.15) is 5.75 Å². The molecule has 0 amide bonds. The monoisotopic (exact) mass is 231 g/mol. The molecule has 1 atom stereocenters. The molecule has 6 heteroatoms. The SMILES string of the molecule is COc1ccc(C2NCCn3nnnc32)cc1. The Morgan fingerprint density at radius 1 is 1.35 bits per heavy atom. The zero-order chi connectivity index (χ0) is 11.7. The van der Waals surface area contributed by atoms with Crippen LogP contribution in [0.3, 0.4) is 0 Å². The van der Waals surface area contributed by atoms with Gasteiger partial charge in [-0.1, -0.05) is 12.1 Å². The maximum atomic E-state index is 5.15. The molecule has 0 fully saturated rings. The number of hydrogen-bond donors (Lipinski definition) is 1. The molecule has 1 aromatic carbocycles. The highest BCUT2D eigenvalue weighted by Crippen LogP contribution is 2.23. The van der Waals surface area contributed by atoms with Crippen LogP contribution >= 0.6 is 0 Å². The number of ether oxygens (including phenoxy) is 1. The van der Waals surface area contributed by atoms with Gasteiger partial charge in [0.2, 0.25) is 0 Å². The van der Waals surface area contributed by atoms with Crippen LogP contribution in [0.25, 0.3) is 0 Å². The molecule has 0 bridgehead atoms. The standard InChI is InChI=1S/C11H13N5O/c1-17-9-4-2-8(3-5-9)10-11-13-14-15-16(11)7-6-12-10/h2-5,10,12H,6-7H2,1H3. The average Bonchev–Trinajstić information content (AvgIpc) is 2.87. The van der Waals surface area contributed by atoms with E-state index < -0.39 is 0 Å². The summed E-state index contributed by atoms with van der Waals surface area (Å²) in [6.07, 6.45) is 0. The lowest BCUT2D eigenvalue weighted by Crippen LogP contribution is -2.34. The molecule has 3 rings (SSSR count). The normalized spacial score (nSPS) is 18.8. The molecule has 2 heterocycles. The predicted octanol–water partition coefficient (Wildman–Crippen LogP) is 0.374. The Hall–Kier alpha value is -1.95. The Morgan fingerprint density at radius 2 is 2.18 bits per heavy atom. The maximum absolute atomic E-state index is 5.15. The lowest BCUT2D eigenvalue weighted by atomic mass is 10.0. The summed E-state index contributed by atoms with van der Waals surface area (Å²) in [7, 11) is 1.66. The molecule has 1 aromatic heterocycles. The molecule has 1 N–H and O–H groups in total. The van der Waals surface area contributed by atoms with E-state index in [1.807, 2.05) is 28.9 Å². The summed E-state index contributed by atoms with van der Waals surface area (Å²) in [5, 5.41) is 15.1. The third-order valence-electron chi connectivity index (χ3n) is 2.94. The molecule has 17 heavy (non-hydrogen) atoms. The van der Waals surface area contributed by atoms with Gasteiger partial charge in [-0.25, -0.2) is 4.68 Å². The van der Waals surface area contributed by atoms with Gasteiger partial charge < -0.3 is 10.1 Å². The number of nitrogens with one attached hydrogen (secondary N) is 1. The summed E-state index contributed by atoms with van der Waals surface area (Å²) in [6.45, 7) is 1.68. The van der Waals surface area contributed by atoms with Gasteiger partial charge in [0.25, 0.3) is 0 Å². The predicted molar refractivity (Wildman–Crippen MR) is 60.7 cm³/mol. The van der Waals surface area contributed by atoms with Crippen molar-refractivity contribution < 1.29 is 4.74 Å². The molecule has 0 aliphatic carbocycles. The highest BCUT2D eigenvalue weighted by atomic mass is 16.5. The lowest BCUT2D eigenvalue weighted by molar-refractivity contribution is 0.412. The maximum Gasteiger partial charge on any atom is 0.172 e. The lowest BCUT2D eigenvalue weighted by Gasteiger charge is -2.23. The first-order chi connectivity index (χ1) is 8.38. The Kier molecular flexibility index (Phi) is 2.49. The van der Waals surface area contributed by atoms with Crippen LogP contribution in [0.1, 0.15) is 17.4 Å². The fourth-order valence-electron chi connectivity index (χ4n) is 2.05. The second kappa shape index (κ2) is 4.14. The number of nitrogens with zero attached hydrogens (tertiary/aromatic N) is 4. The van der Waals surface area contributed by atoms with E-state index in [2.05, 4.69) is 20.8 Å². The van der Waals surface area contributed by atoms with E-state index in [-0.39, 0.29) is 6.04 Å². The van der Waals surface area contributed by atoms with E-state index in [0.717, 1.165) is 30.2 Å². The number of tetrazole rings is 1. The van der Waals surface area contributed by atoms with E-state index in [9.17, 15) is 0 Å². The van der Waals surface area contributed by atoms with Crippen molar-refractivity contribution >= 4 is 0 Å². The van der Waals surface area contributed by atoms with Gasteiger partial charge >= 0.3 is 0 Å². The minimum atomic E-state index is 0.0599. The van der Waals surface area contributed by atoms with E-state index in [0.29, 0.717) is 0 Å². The van der Waals surface area contributed by atoms with Crippen LogP contribution in [0.4, 0.5) is 0 Å². The quantitative estimate of drug-likeness (QED) is 0.809. The van der Waals surface area contributed by atoms with Gasteiger partial charge in [-0.05, 0) is 28.1 Å². The number of benzene rings is 1. The summed E-state index contributed by atoms with van der Waals surface area (Å²) in [5.74, 6) is 1.71. The van der Waals surface area contributed by atoms with Crippen molar-refractivity contribution in [1.29, 1.82) is 0 Å². The number of hydrogen-bond acceptors (Lipinski definition) is 5. The van der Waals surface area contributed by atoms with Crippen molar-refractivity contribution in [3.63, 3.8) is 0 Å². The van der Waals surface area contributed by atoms with E-state index >= 15 is 0 Å². The number of rotatable bonds is 2. The van der Waals surface area contributed by atoms with Crippen molar-refractivity contribution in [2.75, 3.05) is 13.7 Å². The minimum absolute atomic E-state index is 0.0599. The van der Waals surface area contributed by atoms with Crippen molar-refractivity contribution in [2.45, 2.75) is 12.6 Å². The molecule has 0 radical (unpaired) electrons. The van der Waals surface area contributed by atoms with Gasteiger partial charge in [-0.15, -0.1) is 5.10 Å². The van der Waals surface area contributed by atoms with Gasteiger partial charge in [0, 0.05) is 6.54 Å². The first kappa shape index (κ1) is 10.2. The first-order valence-electron chi connectivity index (χ1n) is 5.52. The molecule has 0 saturated heterocycles. The molecule has 0 spiro atoms. The highest BCUT2D eigenvalue weighted by Gasteiger charge is 2.24. The van der Waals surface area contributed by atoms with Crippen molar-refractivity contribution in [1.82, 2.24) is 25.5 Å². The van der Waals surface area contributed by atoms with Crippen LogP contribution in [0.15, 0.2) is 24.3 Å². The zero-order valence-corrected chi connectivity index (χ0v) is 9.50. The molecule has 1 aliphatic heterocycles. The van der Waals surface area contributed by atoms with Crippen molar-refractivity contribution in [3.8, 4) is 5.75 Å². The summed E-state index contributed by atoms with van der Waals surface area (Å²) in [4.78, 5) is 0. The number of aromatic nitrogens is 4. The van der Waals surface area contributed by atoms with Gasteiger partial charge in [0.15, 0.2) is 5.82 Å². The fourth-order valence-corrected chi connectivity index (χ4v) is 2.05. The van der Waals surface area contributed by atoms with Crippen LogP contribution in [-0.2, 0) is 6.54 Å². The van der Waals surface area contributed by atoms with E-state index in [1.165, 1.54) is 0 Å². The third kappa shape index (κ3) is 1.76. The Morgan fingerprint density at radius 3 is 2.94 bits per heavy atom. The molecule has 0 saturated carbocycles. The fraction of sp³-hybridized carbons (Fsp3) is 0.364. The Balaban J connectivity index is 1.95. The molecular weight excluding hydrogens is 218 g/mol. The summed E-state index contributed by atoms with van der Waals surface area (Å²) < 4.78 is 6.98. The van der Waals surface area contributed by atoms with Crippen LogP contribution in [0.5, 0.6) is 5.75 Å². The number of fused-ring (bicyclic) bond motifs is 1. The molecule has 1 unspecified atom stereocenters. The van der Waals surface area contributed by atoms with Gasteiger partial charge in [-0.2, -0.15) is 0 Å². The zero-order valence-electron chi connectivity index (χ0n) is 9.50. The smallest absolute Gasteiger partial charge is 0.172 e. The van der Waals surface area contributed by atoms with Crippen molar-refractivity contribution in [2.24, 2.45) is 0 Å². The van der Waals surface area contributed by atoms with Gasteiger partial charge in [0.05, 0.1) is 19.7 Å². The summed E-state index contributed by atoms with van der Waals surface area (Å²) >= 11 is 0. The van der Waals surface area contributed by atoms with Gasteiger partial charge in [-0.3, -0.25) is 0 Å². The summed E-state index contributed by atoms with van der Waals surface area (Å²) in [5.41, 5.74) is 1.14. The largest absolute Gasteiger partial charge is 0.497 e. The third-order valence-corrected chi connectivity index (χ3v) is 2.94. The Bertz CT molecular complexity index is 507. The van der Waals surface area contributed by atoms with E-state index in [4.69, 9.17) is 4.74 Å². The molecule has 1 aliphatic rings. The molecule has 88 valence electrons. The van der Waals surface area contributed by atoms with Crippen LogP contribution in [0.2, 0.25) is 0 Å². The van der Waals surface area contributed by atoms with Crippen molar-refractivity contribution in [3.05, 3.63) is 35.7 Å². The first-order valence-corrected chi connectivity index (χ1v) is 5.52. The second-order valence-corrected chi connectivity index (χ2v) is 3.92. The highest BCUT2D eigenvalue weighted by molar-refractivity contribution is 5.32. The molecular formula is C11H13N5O. The molecule has 2 aromatic rings. The second-order valence-electron chi connectivity index (χ2n) is 3.92.